The van der Waals surface area contributed by atoms with Gasteiger partial charge in [-0.1, -0.05) is 60.7 Å². The molecule has 2 N–H and O–H groups in total. The van der Waals surface area contributed by atoms with Crippen LogP contribution in [0.5, 0.6) is 0 Å². The first-order valence-corrected chi connectivity index (χ1v) is 8.32. The molecule has 0 fully saturated rings. The Morgan fingerprint density at radius 1 is 1.04 bits per heavy atom. The van der Waals surface area contributed by atoms with E-state index >= 15 is 0 Å². The quantitative estimate of drug-likeness (QED) is 0.543. The van der Waals surface area contributed by atoms with Gasteiger partial charge in [0.1, 0.15) is 0 Å². The summed E-state index contributed by atoms with van der Waals surface area (Å²) in [4.78, 5) is 18.5. The van der Waals surface area contributed by atoms with Gasteiger partial charge >= 0.3 is 0 Å². The summed E-state index contributed by atoms with van der Waals surface area (Å²) in [6, 6.07) is 21.4. The number of benzene rings is 2. The number of hydrogen-bond acceptors (Lipinski definition) is 4. The number of allylic oxidation sites excluding steroid dienone is 2. The predicted octanol–water partition coefficient (Wildman–Crippen LogP) is 4.00. The Morgan fingerprint density at radius 3 is 2.27 bits per heavy atom. The number of aromatic amines is 1. The maximum Gasteiger partial charge on any atom is 0.252 e. The summed E-state index contributed by atoms with van der Waals surface area (Å²) in [5, 5.41) is 4.47. The highest BCUT2D eigenvalue weighted by Gasteiger charge is 2.04. The largest absolute Gasteiger partial charge is 0.291 e. The average Bonchev–Trinajstić information content (AvgIpc) is 2.65. The van der Waals surface area contributed by atoms with Gasteiger partial charge in [-0.05, 0) is 31.1 Å². The Kier molecular flexibility index (Phi) is 5.39. The molecule has 0 spiro atoms. The topological polar surface area (TPSA) is 70.1 Å². The van der Waals surface area contributed by atoms with Crippen LogP contribution in [0.2, 0.25) is 0 Å². The minimum absolute atomic E-state index is 0.215. The second-order valence-corrected chi connectivity index (χ2v) is 5.90. The van der Waals surface area contributed by atoms with Crippen molar-refractivity contribution in [1.82, 2.24) is 9.97 Å². The minimum Gasteiger partial charge on any atom is -0.291 e. The number of hydrogen-bond donors (Lipinski definition) is 2. The third-order valence-electron chi connectivity index (χ3n) is 3.80. The molecule has 130 valence electrons. The van der Waals surface area contributed by atoms with Crippen LogP contribution >= 0.6 is 0 Å². The zero-order valence-corrected chi connectivity index (χ0v) is 14.7. The fourth-order valence-electron chi connectivity index (χ4n) is 2.52. The van der Waals surface area contributed by atoms with Crippen LogP contribution in [0.4, 0.5) is 5.95 Å². The van der Waals surface area contributed by atoms with Crippen molar-refractivity contribution < 1.29 is 0 Å². The van der Waals surface area contributed by atoms with E-state index in [1.165, 1.54) is 6.07 Å². The number of anilines is 1. The molecule has 5 heteroatoms. The molecule has 0 aliphatic carbocycles. The van der Waals surface area contributed by atoms with Crippen molar-refractivity contribution in [2.75, 3.05) is 5.43 Å². The van der Waals surface area contributed by atoms with Gasteiger partial charge in [0.25, 0.3) is 5.56 Å². The molecular weight excluding hydrogens is 324 g/mol. The molecular formula is C21H20N4O. The molecule has 0 aliphatic rings. The van der Waals surface area contributed by atoms with Gasteiger partial charge in [-0.25, -0.2) is 10.4 Å². The van der Waals surface area contributed by atoms with Gasteiger partial charge in [0.05, 0.1) is 5.71 Å². The predicted molar refractivity (Wildman–Crippen MR) is 106 cm³/mol. The van der Waals surface area contributed by atoms with Crippen LogP contribution in [0.25, 0.3) is 5.57 Å². The van der Waals surface area contributed by atoms with Crippen molar-refractivity contribution in [3.05, 3.63) is 100.0 Å². The van der Waals surface area contributed by atoms with Crippen molar-refractivity contribution in [3.63, 3.8) is 0 Å². The summed E-state index contributed by atoms with van der Waals surface area (Å²) in [7, 11) is 0. The Morgan fingerprint density at radius 2 is 1.65 bits per heavy atom. The zero-order valence-electron chi connectivity index (χ0n) is 14.7. The normalized spacial score (nSPS) is 12.1. The van der Waals surface area contributed by atoms with E-state index in [0.29, 0.717) is 11.6 Å². The monoisotopic (exact) mass is 344 g/mol. The van der Waals surface area contributed by atoms with Gasteiger partial charge in [0.2, 0.25) is 5.95 Å². The number of aryl methyl sites for hydroxylation is 1. The summed E-state index contributed by atoms with van der Waals surface area (Å²) >= 11 is 0. The molecule has 0 saturated carbocycles. The molecule has 0 atom stereocenters. The summed E-state index contributed by atoms with van der Waals surface area (Å²) in [6.45, 7) is 3.81. The summed E-state index contributed by atoms with van der Waals surface area (Å²) in [5.74, 6) is 0.314. The number of hydrazone groups is 1. The highest BCUT2D eigenvalue weighted by molar-refractivity contribution is 6.12. The Hall–Kier alpha value is -3.47. The average molecular weight is 344 g/mol. The molecule has 1 heterocycles. The van der Waals surface area contributed by atoms with Gasteiger partial charge in [0.15, 0.2) is 0 Å². The Balaban J connectivity index is 1.97. The van der Waals surface area contributed by atoms with E-state index in [0.717, 1.165) is 22.4 Å². The molecule has 1 aromatic heterocycles. The highest BCUT2D eigenvalue weighted by Crippen LogP contribution is 2.15. The lowest BCUT2D eigenvalue weighted by molar-refractivity contribution is 1.04. The second kappa shape index (κ2) is 8.07. The first-order chi connectivity index (χ1) is 12.6. The third kappa shape index (κ3) is 4.54. The van der Waals surface area contributed by atoms with Crippen molar-refractivity contribution in [2.24, 2.45) is 5.10 Å². The van der Waals surface area contributed by atoms with Crippen LogP contribution in [-0.4, -0.2) is 15.7 Å². The van der Waals surface area contributed by atoms with E-state index in [1.54, 1.807) is 6.92 Å². The van der Waals surface area contributed by atoms with Crippen LogP contribution in [-0.2, 0) is 0 Å². The van der Waals surface area contributed by atoms with E-state index < -0.39 is 0 Å². The van der Waals surface area contributed by atoms with Crippen LogP contribution in [0.3, 0.4) is 0 Å². The van der Waals surface area contributed by atoms with Crippen molar-refractivity contribution in [1.29, 1.82) is 0 Å². The Bertz CT molecular complexity index is 989. The molecule has 0 radical (unpaired) electrons. The van der Waals surface area contributed by atoms with Crippen LogP contribution < -0.4 is 11.0 Å². The van der Waals surface area contributed by atoms with Gasteiger partial charge < -0.3 is 0 Å². The number of nitrogens with zero attached hydrogens (tertiary/aromatic N) is 2. The number of aromatic nitrogens is 2. The van der Waals surface area contributed by atoms with Crippen LogP contribution in [0.15, 0.2) is 82.7 Å². The van der Waals surface area contributed by atoms with Gasteiger partial charge in [-0.2, -0.15) is 5.10 Å². The number of H-pyrrole nitrogens is 1. The lowest BCUT2D eigenvalue weighted by Crippen LogP contribution is -2.11. The first-order valence-electron chi connectivity index (χ1n) is 8.32. The molecule has 0 bridgehead atoms. The maximum absolute atomic E-state index is 11.6. The van der Waals surface area contributed by atoms with E-state index in [-0.39, 0.29) is 5.56 Å². The SMILES string of the molecule is CC(=C/C(=N\Nc1nc(C)cc(=O)[nH]1)c1ccccc1)c1ccccc1. The standard InChI is InChI=1S/C21H20N4O/c1-15(17-9-5-3-6-10-17)13-19(18-11-7-4-8-12-18)24-25-21-22-16(2)14-20(26)23-21/h3-14H,1-2H3,(H2,22,23,25,26)/b15-13?,24-19+. The molecule has 5 nitrogen and oxygen atoms in total. The number of rotatable bonds is 5. The zero-order chi connectivity index (χ0) is 18.4. The minimum atomic E-state index is -0.215. The summed E-state index contributed by atoms with van der Waals surface area (Å²) < 4.78 is 0. The molecule has 0 amide bonds. The molecule has 0 unspecified atom stereocenters. The van der Waals surface area contributed by atoms with Gasteiger partial charge in [0, 0.05) is 17.3 Å². The molecule has 0 saturated heterocycles. The second-order valence-electron chi connectivity index (χ2n) is 5.90. The highest BCUT2D eigenvalue weighted by atomic mass is 16.1. The van der Waals surface area contributed by atoms with E-state index in [2.05, 4.69) is 32.6 Å². The van der Waals surface area contributed by atoms with Crippen molar-refractivity contribution in [3.8, 4) is 0 Å². The van der Waals surface area contributed by atoms with Crippen LogP contribution in [0, 0.1) is 6.92 Å². The molecule has 0 aliphatic heterocycles. The molecule has 26 heavy (non-hydrogen) atoms. The number of nitrogens with one attached hydrogen (secondary N) is 2. The first kappa shape index (κ1) is 17.4. The molecule has 2 aromatic carbocycles. The van der Waals surface area contributed by atoms with Gasteiger partial charge in [-0.3, -0.25) is 9.78 Å². The molecule has 3 aromatic rings. The fourth-order valence-corrected chi connectivity index (χ4v) is 2.52. The smallest absolute Gasteiger partial charge is 0.252 e. The van der Waals surface area contributed by atoms with E-state index in [1.807, 2.05) is 61.5 Å². The van der Waals surface area contributed by atoms with Gasteiger partial charge in [-0.15, -0.1) is 0 Å². The van der Waals surface area contributed by atoms with E-state index in [4.69, 9.17) is 0 Å². The maximum atomic E-state index is 11.6. The van der Waals surface area contributed by atoms with Crippen molar-refractivity contribution in [2.45, 2.75) is 13.8 Å². The lowest BCUT2D eigenvalue weighted by Gasteiger charge is -2.07. The summed E-state index contributed by atoms with van der Waals surface area (Å²) in [5.41, 5.74) is 7.19. The third-order valence-corrected chi connectivity index (χ3v) is 3.80. The lowest BCUT2D eigenvalue weighted by atomic mass is 10.0. The summed E-state index contributed by atoms with van der Waals surface area (Å²) in [6.07, 6.45) is 2.01. The Labute approximate surface area is 152 Å². The van der Waals surface area contributed by atoms with Crippen molar-refractivity contribution >= 4 is 17.2 Å². The van der Waals surface area contributed by atoms with E-state index in [9.17, 15) is 4.79 Å². The van der Waals surface area contributed by atoms with Crippen LogP contribution in [0.1, 0.15) is 23.7 Å². The fraction of sp³-hybridized carbons (Fsp3) is 0.0952. The molecule has 3 rings (SSSR count).